The maximum Gasteiger partial charge on any atom is 0.264 e. The van der Waals surface area contributed by atoms with Crippen molar-refractivity contribution >= 4 is 17.4 Å². The molecule has 2 rings (SSSR count). The van der Waals surface area contributed by atoms with Gasteiger partial charge in [-0.2, -0.15) is 0 Å². The van der Waals surface area contributed by atoms with Crippen molar-refractivity contribution in [3.05, 3.63) is 10.6 Å². The zero-order chi connectivity index (χ0) is 14.4. The van der Waals surface area contributed by atoms with Crippen LogP contribution < -0.4 is 5.32 Å². The van der Waals surface area contributed by atoms with Crippen molar-refractivity contribution in [2.24, 2.45) is 0 Å². The van der Waals surface area contributed by atoms with Crippen molar-refractivity contribution in [1.29, 1.82) is 0 Å². The number of nitrogens with zero attached hydrogens (tertiary/aromatic N) is 4. The molecule has 112 valence electrons. The average Bonchev–Trinajstić information content (AvgIpc) is 2.90. The Morgan fingerprint density at radius 2 is 2.00 bits per heavy atom. The molecule has 0 aliphatic carbocycles. The summed E-state index contributed by atoms with van der Waals surface area (Å²) in [6.45, 7) is 11.5. The predicted octanol–water partition coefficient (Wildman–Crippen LogP) is 0.604. The van der Waals surface area contributed by atoms with Crippen LogP contribution in [0.4, 0.5) is 0 Å². The van der Waals surface area contributed by atoms with Crippen LogP contribution in [-0.2, 0) is 0 Å². The third-order valence-electron chi connectivity index (χ3n) is 3.71. The molecule has 1 amide bonds. The smallest absolute Gasteiger partial charge is 0.264 e. The van der Waals surface area contributed by atoms with Gasteiger partial charge in [0.15, 0.2) is 0 Å². The summed E-state index contributed by atoms with van der Waals surface area (Å²) in [5.41, 5.74) is 0.711. The van der Waals surface area contributed by atoms with Crippen molar-refractivity contribution in [2.45, 2.75) is 20.3 Å². The Bertz CT molecular complexity index is 428. The highest BCUT2D eigenvalue weighted by Gasteiger charge is 2.15. The number of piperazine rings is 1. The van der Waals surface area contributed by atoms with E-state index in [2.05, 4.69) is 31.6 Å². The van der Waals surface area contributed by atoms with Crippen LogP contribution in [0.5, 0.6) is 0 Å². The monoisotopic (exact) mass is 297 g/mol. The molecule has 0 aromatic carbocycles. The molecule has 2 heterocycles. The van der Waals surface area contributed by atoms with E-state index in [1.807, 2.05) is 6.92 Å². The van der Waals surface area contributed by atoms with Crippen LogP contribution in [0.15, 0.2) is 0 Å². The third-order valence-corrected chi connectivity index (χ3v) is 4.53. The molecule has 1 aliphatic heterocycles. The highest BCUT2D eigenvalue weighted by atomic mass is 32.1. The lowest BCUT2D eigenvalue weighted by molar-refractivity contribution is 0.0951. The van der Waals surface area contributed by atoms with Gasteiger partial charge in [0, 0.05) is 32.7 Å². The average molecular weight is 297 g/mol. The summed E-state index contributed by atoms with van der Waals surface area (Å²) in [4.78, 5) is 17.4. The first kappa shape index (κ1) is 15.3. The topological polar surface area (TPSA) is 61.4 Å². The molecule has 0 atom stereocenters. The Morgan fingerprint density at radius 1 is 1.30 bits per heavy atom. The van der Waals surface area contributed by atoms with Gasteiger partial charge in [0.1, 0.15) is 4.88 Å². The van der Waals surface area contributed by atoms with Gasteiger partial charge in [-0.25, -0.2) is 0 Å². The van der Waals surface area contributed by atoms with Gasteiger partial charge in [-0.05, 0) is 38.0 Å². The molecule has 1 N–H and O–H groups in total. The van der Waals surface area contributed by atoms with E-state index in [0.717, 1.165) is 57.2 Å². The minimum Gasteiger partial charge on any atom is -0.351 e. The third kappa shape index (κ3) is 4.22. The number of likely N-dealkylation sites (N-methyl/N-ethyl adjacent to an activating group) is 1. The molecule has 0 saturated carbocycles. The molecule has 0 spiro atoms. The van der Waals surface area contributed by atoms with E-state index in [1.165, 1.54) is 0 Å². The summed E-state index contributed by atoms with van der Waals surface area (Å²) in [6, 6.07) is 0. The lowest BCUT2D eigenvalue weighted by atomic mass is 10.3. The maximum absolute atomic E-state index is 11.9. The number of hydrogen-bond donors (Lipinski definition) is 1. The highest BCUT2D eigenvalue weighted by Crippen LogP contribution is 2.08. The number of amides is 1. The molecule has 7 heteroatoms. The van der Waals surface area contributed by atoms with E-state index >= 15 is 0 Å². The number of nitrogens with one attached hydrogen (secondary N) is 1. The lowest BCUT2D eigenvalue weighted by Gasteiger charge is -2.33. The first-order valence-corrected chi connectivity index (χ1v) is 8.00. The molecule has 0 unspecified atom stereocenters. The van der Waals surface area contributed by atoms with Crippen LogP contribution in [-0.4, -0.2) is 71.1 Å². The molecular formula is C13H23N5OS. The normalized spacial score (nSPS) is 17.3. The molecule has 1 aromatic rings. The molecule has 0 bridgehead atoms. The fraction of sp³-hybridized carbons (Fsp3) is 0.769. The zero-order valence-corrected chi connectivity index (χ0v) is 13.1. The predicted molar refractivity (Wildman–Crippen MR) is 80.2 cm³/mol. The van der Waals surface area contributed by atoms with Gasteiger partial charge < -0.3 is 15.1 Å². The van der Waals surface area contributed by atoms with Gasteiger partial charge in [-0.3, -0.25) is 4.79 Å². The molecule has 1 aromatic heterocycles. The lowest BCUT2D eigenvalue weighted by Crippen LogP contribution is -2.46. The summed E-state index contributed by atoms with van der Waals surface area (Å²) in [6.07, 6.45) is 0.989. The van der Waals surface area contributed by atoms with E-state index < -0.39 is 0 Å². The van der Waals surface area contributed by atoms with E-state index in [4.69, 9.17) is 0 Å². The Morgan fingerprint density at radius 3 is 2.60 bits per heavy atom. The molecule has 0 radical (unpaired) electrons. The number of aryl methyl sites for hydroxylation is 1. The number of aromatic nitrogens is 2. The second-order valence-electron chi connectivity index (χ2n) is 5.07. The Kier molecular flexibility index (Phi) is 5.87. The quantitative estimate of drug-likeness (QED) is 0.779. The largest absolute Gasteiger partial charge is 0.351 e. The van der Waals surface area contributed by atoms with Gasteiger partial charge >= 0.3 is 0 Å². The van der Waals surface area contributed by atoms with Crippen molar-refractivity contribution in [2.75, 3.05) is 45.8 Å². The number of hydrogen-bond acceptors (Lipinski definition) is 6. The van der Waals surface area contributed by atoms with Crippen molar-refractivity contribution in [1.82, 2.24) is 24.7 Å². The minimum absolute atomic E-state index is 0.0479. The van der Waals surface area contributed by atoms with Crippen LogP contribution >= 0.6 is 11.5 Å². The number of carbonyl (C=O) groups is 1. The van der Waals surface area contributed by atoms with Crippen LogP contribution in [0.1, 0.15) is 28.7 Å². The minimum atomic E-state index is -0.0479. The second kappa shape index (κ2) is 7.66. The van der Waals surface area contributed by atoms with E-state index in [0.29, 0.717) is 17.1 Å². The van der Waals surface area contributed by atoms with Crippen LogP contribution in [0, 0.1) is 6.92 Å². The summed E-state index contributed by atoms with van der Waals surface area (Å²) >= 11 is 1.16. The van der Waals surface area contributed by atoms with Gasteiger partial charge in [0.25, 0.3) is 5.91 Å². The van der Waals surface area contributed by atoms with E-state index in [1.54, 1.807) is 0 Å². The molecule has 1 aliphatic rings. The fourth-order valence-corrected chi connectivity index (χ4v) is 2.93. The van der Waals surface area contributed by atoms with Crippen LogP contribution in [0.25, 0.3) is 0 Å². The molecule has 6 nitrogen and oxygen atoms in total. The highest BCUT2D eigenvalue weighted by molar-refractivity contribution is 7.07. The van der Waals surface area contributed by atoms with Gasteiger partial charge in [-0.1, -0.05) is 11.4 Å². The van der Waals surface area contributed by atoms with E-state index in [-0.39, 0.29) is 5.91 Å². The summed E-state index contributed by atoms with van der Waals surface area (Å²) in [5.74, 6) is -0.0479. The summed E-state index contributed by atoms with van der Waals surface area (Å²) < 4.78 is 3.78. The van der Waals surface area contributed by atoms with Gasteiger partial charge in [0.05, 0.1) is 5.69 Å². The van der Waals surface area contributed by atoms with Crippen LogP contribution in [0.2, 0.25) is 0 Å². The first-order valence-electron chi connectivity index (χ1n) is 7.22. The summed E-state index contributed by atoms with van der Waals surface area (Å²) in [7, 11) is 0. The van der Waals surface area contributed by atoms with Crippen LogP contribution in [0.3, 0.4) is 0 Å². The van der Waals surface area contributed by atoms with Crippen molar-refractivity contribution < 1.29 is 4.79 Å². The number of carbonyl (C=O) groups excluding carboxylic acids is 1. The summed E-state index contributed by atoms with van der Waals surface area (Å²) in [5, 5.41) is 6.79. The molecule has 1 fully saturated rings. The van der Waals surface area contributed by atoms with Crippen molar-refractivity contribution in [3.63, 3.8) is 0 Å². The van der Waals surface area contributed by atoms with Gasteiger partial charge in [0.2, 0.25) is 0 Å². The molecule has 20 heavy (non-hydrogen) atoms. The maximum atomic E-state index is 11.9. The Hall–Kier alpha value is -1.05. The Balaban J connectivity index is 1.60. The standard InChI is InChI=1S/C13H23N5OS/c1-3-17-7-9-18(10-8-17)6-4-5-14-13(19)12-11(2)15-16-20-12/h3-10H2,1-2H3,(H,14,19). The second-order valence-corrected chi connectivity index (χ2v) is 5.83. The fourth-order valence-electron chi connectivity index (χ4n) is 2.35. The van der Waals surface area contributed by atoms with Crippen molar-refractivity contribution in [3.8, 4) is 0 Å². The first-order chi connectivity index (χ1) is 9.70. The molecular weight excluding hydrogens is 274 g/mol. The Labute approximate surface area is 124 Å². The van der Waals surface area contributed by atoms with E-state index in [9.17, 15) is 4.79 Å². The van der Waals surface area contributed by atoms with Gasteiger partial charge in [-0.15, -0.1) is 5.10 Å². The zero-order valence-electron chi connectivity index (χ0n) is 12.3. The number of rotatable bonds is 6. The molecule has 1 saturated heterocycles. The SMILES string of the molecule is CCN1CCN(CCCNC(=O)c2snnc2C)CC1.